The fraction of sp³-hybridized carbons (Fsp3) is 0.333. The number of aliphatic hydroxyl groups excluding tert-OH is 1. The highest BCUT2D eigenvalue weighted by molar-refractivity contribution is 5.73. The van der Waals surface area contributed by atoms with Crippen LogP contribution in [0.2, 0.25) is 0 Å². The molecule has 0 atom stereocenters. The molecule has 0 fully saturated rings. The summed E-state index contributed by atoms with van der Waals surface area (Å²) in [7, 11) is 0. The van der Waals surface area contributed by atoms with E-state index in [0.717, 1.165) is 19.3 Å². The molecule has 0 saturated carbocycles. The molecule has 1 heteroatoms. The Labute approximate surface area is 133 Å². The molecule has 0 unspecified atom stereocenters. The second-order valence-electron chi connectivity index (χ2n) is 7.02. The Morgan fingerprint density at radius 3 is 2.09 bits per heavy atom. The highest BCUT2D eigenvalue weighted by Gasteiger charge is 2.27. The maximum atomic E-state index is 9.67. The van der Waals surface area contributed by atoms with Gasteiger partial charge in [-0.1, -0.05) is 68.4 Å². The van der Waals surface area contributed by atoms with E-state index in [0.29, 0.717) is 5.41 Å². The summed E-state index contributed by atoms with van der Waals surface area (Å²) in [6.45, 7) is 4.82. The molecular formula is C21H24O. The molecule has 0 bridgehead atoms. The molecule has 0 radical (unpaired) electrons. The monoisotopic (exact) mass is 292 g/mol. The van der Waals surface area contributed by atoms with Crippen molar-refractivity contribution in [2.75, 3.05) is 6.61 Å². The average Bonchev–Trinajstić information content (AvgIpc) is 2.55. The van der Waals surface area contributed by atoms with Crippen LogP contribution < -0.4 is 0 Å². The zero-order valence-corrected chi connectivity index (χ0v) is 13.5. The summed E-state index contributed by atoms with van der Waals surface area (Å²) in [6.07, 6.45) is 3.22. The van der Waals surface area contributed by atoms with Gasteiger partial charge in [-0.15, -0.1) is 0 Å². The molecular weight excluding hydrogens is 268 g/mol. The second-order valence-corrected chi connectivity index (χ2v) is 7.02. The van der Waals surface area contributed by atoms with Crippen molar-refractivity contribution >= 4 is 5.57 Å². The Morgan fingerprint density at radius 1 is 0.864 bits per heavy atom. The number of hydrogen-bond donors (Lipinski definition) is 1. The third-order valence-electron chi connectivity index (χ3n) is 4.72. The van der Waals surface area contributed by atoms with Gasteiger partial charge in [0.15, 0.2) is 0 Å². The highest BCUT2D eigenvalue weighted by atomic mass is 16.3. The molecule has 114 valence electrons. The maximum Gasteiger partial charge on any atom is 0.0647 e. The minimum Gasteiger partial charge on any atom is -0.392 e. The molecule has 3 rings (SSSR count). The third kappa shape index (κ3) is 3.15. The fourth-order valence-electron chi connectivity index (χ4n) is 3.31. The van der Waals surface area contributed by atoms with Crippen molar-refractivity contribution in [3.63, 3.8) is 0 Å². The predicted octanol–water partition coefficient (Wildman–Crippen LogP) is 5.31. The molecule has 1 aliphatic rings. The van der Waals surface area contributed by atoms with Gasteiger partial charge in [0.25, 0.3) is 0 Å². The molecule has 0 heterocycles. The van der Waals surface area contributed by atoms with Gasteiger partial charge in [0.1, 0.15) is 0 Å². The van der Waals surface area contributed by atoms with Crippen LogP contribution in [0.5, 0.6) is 0 Å². The summed E-state index contributed by atoms with van der Waals surface area (Å²) in [5.74, 6) is 0. The van der Waals surface area contributed by atoms with Gasteiger partial charge in [0, 0.05) is 0 Å². The Bertz CT molecular complexity index is 663. The van der Waals surface area contributed by atoms with E-state index >= 15 is 0 Å². The molecule has 0 amide bonds. The minimum absolute atomic E-state index is 0.186. The summed E-state index contributed by atoms with van der Waals surface area (Å²) in [5.41, 5.74) is 6.63. The molecule has 1 nitrogen and oxygen atoms in total. The summed E-state index contributed by atoms with van der Waals surface area (Å²) < 4.78 is 0. The molecule has 0 aliphatic heterocycles. The van der Waals surface area contributed by atoms with Crippen molar-refractivity contribution in [3.05, 3.63) is 65.7 Å². The zero-order chi connectivity index (χ0) is 15.6. The molecule has 1 N–H and O–H groups in total. The highest BCUT2D eigenvalue weighted by Crippen LogP contribution is 2.42. The van der Waals surface area contributed by atoms with Crippen LogP contribution >= 0.6 is 0 Å². The SMILES string of the molecule is CC1(C)CCC(CO)=C(c2ccc(-c3ccccc3)cc2)C1. The average molecular weight is 292 g/mol. The lowest BCUT2D eigenvalue weighted by Gasteiger charge is -2.33. The molecule has 0 saturated heterocycles. The number of aliphatic hydroxyl groups is 1. The zero-order valence-electron chi connectivity index (χ0n) is 13.5. The minimum atomic E-state index is 0.186. The van der Waals surface area contributed by atoms with Crippen LogP contribution in [0.3, 0.4) is 0 Å². The largest absolute Gasteiger partial charge is 0.392 e. The molecule has 2 aromatic rings. The lowest BCUT2D eigenvalue weighted by atomic mass is 9.72. The molecule has 0 aromatic heterocycles. The topological polar surface area (TPSA) is 20.2 Å². The standard InChI is InChI=1S/C21H24O/c1-21(2)13-12-19(15-22)20(14-21)18-10-8-17(9-11-18)16-6-4-3-5-7-16/h3-11,22H,12-15H2,1-2H3. The van der Waals surface area contributed by atoms with Gasteiger partial charge in [-0.25, -0.2) is 0 Å². The van der Waals surface area contributed by atoms with Gasteiger partial charge in [0.2, 0.25) is 0 Å². The first-order valence-corrected chi connectivity index (χ1v) is 8.07. The quantitative estimate of drug-likeness (QED) is 0.813. The number of benzene rings is 2. The van der Waals surface area contributed by atoms with E-state index in [-0.39, 0.29) is 6.61 Å². The Balaban J connectivity index is 1.93. The first-order valence-electron chi connectivity index (χ1n) is 8.07. The van der Waals surface area contributed by atoms with Crippen molar-refractivity contribution in [1.82, 2.24) is 0 Å². The van der Waals surface area contributed by atoms with E-state index in [1.807, 2.05) is 6.07 Å². The first kappa shape index (κ1) is 15.1. The van der Waals surface area contributed by atoms with Gasteiger partial charge >= 0.3 is 0 Å². The van der Waals surface area contributed by atoms with Gasteiger partial charge in [0.05, 0.1) is 6.61 Å². The van der Waals surface area contributed by atoms with Gasteiger partial charge in [-0.05, 0) is 52.5 Å². The third-order valence-corrected chi connectivity index (χ3v) is 4.72. The van der Waals surface area contributed by atoms with Crippen LogP contribution in [0.1, 0.15) is 38.7 Å². The van der Waals surface area contributed by atoms with Crippen molar-refractivity contribution in [2.24, 2.45) is 5.41 Å². The van der Waals surface area contributed by atoms with Crippen LogP contribution in [0, 0.1) is 5.41 Å². The lowest BCUT2D eigenvalue weighted by molar-refractivity contribution is 0.291. The van der Waals surface area contributed by atoms with Gasteiger partial charge in [-0.3, -0.25) is 0 Å². The summed E-state index contributed by atoms with van der Waals surface area (Å²) in [5, 5.41) is 9.67. The van der Waals surface area contributed by atoms with E-state index in [4.69, 9.17) is 0 Å². The van der Waals surface area contributed by atoms with Crippen molar-refractivity contribution in [1.29, 1.82) is 0 Å². The van der Waals surface area contributed by atoms with Crippen molar-refractivity contribution < 1.29 is 5.11 Å². The smallest absolute Gasteiger partial charge is 0.0647 e. The van der Waals surface area contributed by atoms with E-state index in [1.165, 1.54) is 27.8 Å². The summed E-state index contributed by atoms with van der Waals surface area (Å²) in [6, 6.07) is 19.2. The van der Waals surface area contributed by atoms with Crippen LogP contribution in [-0.4, -0.2) is 11.7 Å². The lowest BCUT2D eigenvalue weighted by Crippen LogP contribution is -2.19. The number of rotatable bonds is 3. The van der Waals surface area contributed by atoms with E-state index in [2.05, 4.69) is 62.4 Å². The van der Waals surface area contributed by atoms with Crippen LogP contribution in [0.4, 0.5) is 0 Å². The normalized spacial score (nSPS) is 17.6. The molecule has 0 spiro atoms. The number of allylic oxidation sites excluding steroid dienone is 1. The summed E-state index contributed by atoms with van der Waals surface area (Å²) >= 11 is 0. The Kier molecular flexibility index (Phi) is 4.17. The molecule has 2 aromatic carbocycles. The fourth-order valence-corrected chi connectivity index (χ4v) is 3.31. The van der Waals surface area contributed by atoms with Crippen LogP contribution in [0.25, 0.3) is 16.7 Å². The van der Waals surface area contributed by atoms with Crippen molar-refractivity contribution in [2.45, 2.75) is 33.1 Å². The Hall–Kier alpha value is -1.86. The van der Waals surface area contributed by atoms with E-state index < -0.39 is 0 Å². The van der Waals surface area contributed by atoms with Crippen LogP contribution in [0.15, 0.2) is 60.2 Å². The molecule has 22 heavy (non-hydrogen) atoms. The van der Waals surface area contributed by atoms with Gasteiger partial charge in [-0.2, -0.15) is 0 Å². The van der Waals surface area contributed by atoms with Gasteiger partial charge < -0.3 is 5.11 Å². The first-order chi connectivity index (χ1) is 10.6. The number of hydrogen-bond acceptors (Lipinski definition) is 1. The second kappa shape index (κ2) is 6.10. The summed E-state index contributed by atoms with van der Waals surface area (Å²) in [4.78, 5) is 0. The van der Waals surface area contributed by atoms with E-state index in [1.54, 1.807) is 0 Å². The van der Waals surface area contributed by atoms with Crippen molar-refractivity contribution in [3.8, 4) is 11.1 Å². The van der Waals surface area contributed by atoms with Crippen LogP contribution in [-0.2, 0) is 0 Å². The van der Waals surface area contributed by atoms with E-state index in [9.17, 15) is 5.11 Å². The molecule has 1 aliphatic carbocycles. The predicted molar refractivity (Wildman–Crippen MR) is 93.5 cm³/mol. The Morgan fingerprint density at radius 2 is 1.45 bits per heavy atom. The maximum absolute atomic E-state index is 9.67.